The highest BCUT2D eigenvalue weighted by Gasteiger charge is 2.31. The molecule has 0 bridgehead atoms. The first-order chi connectivity index (χ1) is 14.9. The molecule has 2 aliphatic rings. The molecule has 0 N–H and O–H groups in total. The molecule has 3 heterocycles. The van der Waals surface area contributed by atoms with Crippen molar-refractivity contribution in [3.8, 4) is 0 Å². The second-order valence-corrected chi connectivity index (χ2v) is 8.00. The smallest absolute Gasteiger partial charge is 0.353 e. The summed E-state index contributed by atoms with van der Waals surface area (Å²) in [5, 5.41) is 13.2. The number of carbonyl (C=O) groups is 1. The second kappa shape index (κ2) is 7.51. The van der Waals surface area contributed by atoms with Crippen LogP contribution in [0.5, 0.6) is 0 Å². The van der Waals surface area contributed by atoms with Gasteiger partial charge in [-0.05, 0) is 55.7 Å². The second-order valence-electron chi connectivity index (χ2n) is 8.00. The average molecular weight is 430 g/mol. The molecule has 2 aromatic heterocycles. The molecule has 1 aliphatic carbocycles. The summed E-state index contributed by atoms with van der Waals surface area (Å²) in [6.45, 7) is 2.33. The minimum Gasteiger partial charge on any atom is -0.353 e. The Kier molecular flexibility index (Phi) is 4.79. The van der Waals surface area contributed by atoms with E-state index in [2.05, 4.69) is 15.1 Å². The number of nitrogens with zero attached hydrogens (tertiary/aromatic N) is 6. The van der Waals surface area contributed by atoms with Crippen molar-refractivity contribution in [2.24, 2.45) is 0 Å². The van der Waals surface area contributed by atoms with Crippen LogP contribution in [-0.4, -0.2) is 56.8 Å². The van der Waals surface area contributed by atoms with E-state index in [9.17, 15) is 18.0 Å². The lowest BCUT2D eigenvalue weighted by Gasteiger charge is -2.23. The molecule has 0 radical (unpaired) electrons. The van der Waals surface area contributed by atoms with E-state index in [1.165, 1.54) is 12.1 Å². The monoisotopic (exact) mass is 430 g/mol. The van der Waals surface area contributed by atoms with E-state index >= 15 is 0 Å². The molecule has 0 spiro atoms. The van der Waals surface area contributed by atoms with Crippen LogP contribution < -0.4 is 4.90 Å². The molecular formula is C21H21F3N6O. The van der Waals surface area contributed by atoms with Gasteiger partial charge in [-0.2, -0.15) is 17.7 Å². The van der Waals surface area contributed by atoms with Crippen molar-refractivity contribution in [1.29, 1.82) is 0 Å². The summed E-state index contributed by atoms with van der Waals surface area (Å²) in [5.41, 5.74) is 0.228. The van der Waals surface area contributed by atoms with Gasteiger partial charge in [0.1, 0.15) is 5.82 Å². The zero-order valence-corrected chi connectivity index (χ0v) is 16.7. The van der Waals surface area contributed by atoms with Crippen LogP contribution in [0.3, 0.4) is 0 Å². The van der Waals surface area contributed by atoms with Crippen LogP contribution in [0, 0.1) is 0 Å². The number of hydrogen-bond donors (Lipinski definition) is 0. The van der Waals surface area contributed by atoms with Gasteiger partial charge in [-0.1, -0.05) is 0 Å². The molecule has 1 aliphatic heterocycles. The predicted molar refractivity (Wildman–Crippen MR) is 107 cm³/mol. The standard InChI is InChI=1S/C21H21F3N6O/c22-21(23,24)16-6-4-15(5-7-16)20(31)29-11-1-10-28(12-13-29)18-9-8-17-25-26-19(14-2-3-14)30(17)27-18/h4-9,14H,1-3,10-13H2. The Morgan fingerprint density at radius 3 is 2.42 bits per heavy atom. The average Bonchev–Trinajstić information content (AvgIpc) is 3.56. The first-order valence-corrected chi connectivity index (χ1v) is 10.3. The molecule has 1 saturated carbocycles. The van der Waals surface area contributed by atoms with Crippen LogP contribution >= 0.6 is 0 Å². The molecule has 7 nitrogen and oxygen atoms in total. The van der Waals surface area contributed by atoms with Gasteiger partial charge < -0.3 is 9.80 Å². The van der Waals surface area contributed by atoms with Crippen molar-refractivity contribution in [2.45, 2.75) is 31.4 Å². The van der Waals surface area contributed by atoms with Crippen LogP contribution in [-0.2, 0) is 6.18 Å². The Hall–Kier alpha value is -3.17. The fourth-order valence-corrected chi connectivity index (χ4v) is 3.89. The summed E-state index contributed by atoms with van der Waals surface area (Å²) in [7, 11) is 0. The third kappa shape index (κ3) is 3.94. The zero-order chi connectivity index (χ0) is 21.6. The molecule has 1 saturated heterocycles. The summed E-state index contributed by atoms with van der Waals surface area (Å²) in [6.07, 6.45) is -1.46. The lowest BCUT2D eigenvalue weighted by molar-refractivity contribution is -0.137. The van der Waals surface area contributed by atoms with E-state index in [0.717, 1.165) is 55.2 Å². The maximum Gasteiger partial charge on any atom is 0.416 e. The molecular weight excluding hydrogens is 409 g/mol. The quantitative estimate of drug-likeness (QED) is 0.638. The maximum atomic E-state index is 12.8. The summed E-state index contributed by atoms with van der Waals surface area (Å²) < 4.78 is 40.1. The highest BCUT2D eigenvalue weighted by molar-refractivity contribution is 5.94. The Labute approximate surface area is 176 Å². The number of anilines is 1. The first kappa shape index (κ1) is 19.8. The van der Waals surface area contributed by atoms with Crippen molar-refractivity contribution < 1.29 is 18.0 Å². The minimum atomic E-state index is -4.41. The third-order valence-electron chi connectivity index (χ3n) is 5.78. The van der Waals surface area contributed by atoms with Crippen LogP contribution in [0.25, 0.3) is 5.65 Å². The van der Waals surface area contributed by atoms with Gasteiger partial charge in [-0.15, -0.1) is 15.3 Å². The fourth-order valence-electron chi connectivity index (χ4n) is 3.89. The number of alkyl halides is 3. The Morgan fingerprint density at radius 2 is 1.71 bits per heavy atom. The normalized spacial score (nSPS) is 17.8. The summed E-state index contributed by atoms with van der Waals surface area (Å²) in [5.74, 6) is 1.87. The van der Waals surface area contributed by atoms with Gasteiger partial charge in [0.05, 0.1) is 5.56 Å². The molecule has 1 aromatic carbocycles. The topological polar surface area (TPSA) is 66.6 Å². The van der Waals surface area contributed by atoms with Crippen LogP contribution in [0.1, 0.15) is 46.9 Å². The van der Waals surface area contributed by atoms with E-state index < -0.39 is 11.7 Å². The number of carbonyl (C=O) groups excluding carboxylic acids is 1. The van der Waals surface area contributed by atoms with Crippen molar-refractivity contribution in [3.63, 3.8) is 0 Å². The van der Waals surface area contributed by atoms with Gasteiger partial charge in [0.25, 0.3) is 5.91 Å². The molecule has 31 heavy (non-hydrogen) atoms. The van der Waals surface area contributed by atoms with E-state index in [-0.39, 0.29) is 11.5 Å². The molecule has 162 valence electrons. The molecule has 2 fully saturated rings. The highest BCUT2D eigenvalue weighted by Crippen LogP contribution is 2.38. The molecule has 1 amide bonds. The van der Waals surface area contributed by atoms with E-state index in [1.807, 2.05) is 16.6 Å². The molecule has 5 rings (SSSR count). The van der Waals surface area contributed by atoms with Crippen LogP contribution in [0.4, 0.5) is 19.0 Å². The largest absolute Gasteiger partial charge is 0.416 e. The van der Waals surface area contributed by atoms with Crippen LogP contribution in [0.15, 0.2) is 36.4 Å². The predicted octanol–water partition coefficient (Wildman–Crippen LogP) is 3.37. The number of fused-ring (bicyclic) bond motifs is 1. The number of amides is 1. The molecule has 0 unspecified atom stereocenters. The molecule has 10 heteroatoms. The van der Waals surface area contributed by atoms with Crippen molar-refractivity contribution >= 4 is 17.4 Å². The minimum absolute atomic E-state index is 0.256. The van der Waals surface area contributed by atoms with Gasteiger partial charge >= 0.3 is 6.18 Å². The fraction of sp³-hybridized carbons (Fsp3) is 0.429. The molecule has 0 atom stereocenters. The zero-order valence-electron chi connectivity index (χ0n) is 16.7. The highest BCUT2D eigenvalue weighted by atomic mass is 19.4. The van der Waals surface area contributed by atoms with Gasteiger partial charge in [-0.3, -0.25) is 4.79 Å². The van der Waals surface area contributed by atoms with E-state index in [4.69, 9.17) is 5.10 Å². The van der Waals surface area contributed by atoms with Crippen molar-refractivity contribution in [3.05, 3.63) is 53.3 Å². The number of aromatic nitrogens is 4. The number of rotatable bonds is 3. The van der Waals surface area contributed by atoms with E-state index in [0.29, 0.717) is 25.6 Å². The summed E-state index contributed by atoms with van der Waals surface area (Å²) in [4.78, 5) is 16.6. The van der Waals surface area contributed by atoms with Crippen LogP contribution in [0.2, 0.25) is 0 Å². The van der Waals surface area contributed by atoms with Crippen molar-refractivity contribution in [2.75, 3.05) is 31.1 Å². The first-order valence-electron chi connectivity index (χ1n) is 10.3. The lowest BCUT2D eigenvalue weighted by Crippen LogP contribution is -2.35. The number of halogens is 3. The number of hydrogen-bond acceptors (Lipinski definition) is 5. The Balaban J connectivity index is 1.29. The van der Waals surface area contributed by atoms with Gasteiger partial charge in [0.2, 0.25) is 0 Å². The van der Waals surface area contributed by atoms with Gasteiger partial charge in [0, 0.05) is 37.7 Å². The Morgan fingerprint density at radius 1 is 0.935 bits per heavy atom. The molecule has 3 aromatic rings. The summed E-state index contributed by atoms with van der Waals surface area (Å²) >= 11 is 0. The Bertz CT molecular complexity index is 1110. The lowest BCUT2D eigenvalue weighted by atomic mass is 10.1. The van der Waals surface area contributed by atoms with Crippen molar-refractivity contribution in [1.82, 2.24) is 24.7 Å². The SMILES string of the molecule is O=C(c1ccc(C(F)(F)F)cc1)N1CCCN(c2ccc3nnc(C4CC4)n3n2)CC1. The van der Waals surface area contributed by atoms with Gasteiger partial charge in [0.15, 0.2) is 11.5 Å². The van der Waals surface area contributed by atoms with Gasteiger partial charge in [-0.25, -0.2) is 0 Å². The number of benzene rings is 1. The van der Waals surface area contributed by atoms with E-state index in [1.54, 1.807) is 4.90 Å². The third-order valence-corrected chi connectivity index (χ3v) is 5.78. The summed E-state index contributed by atoms with van der Waals surface area (Å²) in [6, 6.07) is 8.20. The maximum absolute atomic E-state index is 12.8.